The minimum Gasteiger partial charge on any atom is -0.494 e. The molecular formula is C28H27N7O2S. The third-order valence-electron chi connectivity index (χ3n) is 6.57. The van der Waals surface area contributed by atoms with Crippen LogP contribution in [0.2, 0.25) is 0 Å². The quantitative estimate of drug-likeness (QED) is 0.312. The standard InChI is InChI=1S/C28H27N7O2S/c1-2-37-21-10-11-22-23(17-21)38-28(30-22)31-27(36)20-9-6-15-34(18-20)24-12-13-25(33-32-24)35-16-14-29-26(35)19-7-4-3-5-8-19/h3-5,7-8,10-14,16-17,20H,2,6,9,15,18H2,1H3,(H,30,31,36). The van der Waals surface area contributed by atoms with Crippen LogP contribution in [0.4, 0.5) is 10.9 Å². The zero-order valence-electron chi connectivity index (χ0n) is 20.9. The number of ether oxygens (including phenoxy) is 1. The van der Waals surface area contributed by atoms with Gasteiger partial charge in [0.25, 0.3) is 0 Å². The molecule has 0 saturated carbocycles. The van der Waals surface area contributed by atoms with Crippen molar-refractivity contribution in [2.24, 2.45) is 5.92 Å². The molecule has 1 aliphatic heterocycles. The van der Waals surface area contributed by atoms with Crippen LogP contribution in [-0.4, -0.2) is 50.3 Å². The largest absolute Gasteiger partial charge is 0.494 e. The van der Waals surface area contributed by atoms with Crippen LogP contribution in [0.5, 0.6) is 5.75 Å². The second-order valence-corrected chi connectivity index (χ2v) is 10.1. The highest BCUT2D eigenvalue weighted by Gasteiger charge is 2.27. The van der Waals surface area contributed by atoms with Crippen LogP contribution in [0.15, 0.2) is 73.1 Å². The van der Waals surface area contributed by atoms with Gasteiger partial charge < -0.3 is 15.0 Å². The first-order chi connectivity index (χ1) is 18.7. The molecule has 1 unspecified atom stereocenters. The molecule has 192 valence electrons. The number of piperidine rings is 1. The predicted octanol–water partition coefficient (Wildman–Crippen LogP) is 5.19. The Hall–Kier alpha value is -4.31. The van der Waals surface area contributed by atoms with Gasteiger partial charge in [-0.05, 0) is 50.1 Å². The van der Waals surface area contributed by atoms with Gasteiger partial charge in [0.1, 0.15) is 11.6 Å². The monoisotopic (exact) mass is 525 g/mol. The molecule has 10 heteroatoms. The summed E-state index contributed by atoms with van der Waals surface area (Å²) in [6.07, 6.45) is 5.36. The SMILES string of the molecule is CCOc1ccc2nc(NC(=O)C3CCCN(c4ccc(-n5ccnc5-c5ccccc5)nn4)C3)sc2c1. The maximum Gasteiger partial charge on any atom is 0.231 e. The molecule has 1 atom stereocenters. The Morgan fingerprint density at radius 1 is 1.11 bits per heavy atom. The number of fused-ring (bicyclic) bond motifs is 1. The van der Waals surface area contributed by atoms with E-state index in [1.807, 2.05) is 78.4 Å². The van der Waals surface area contributed by atoms with Crippen molar-refractivity contribution in [3.05, 3.63) is 73.1 Å². The molecule has 38 heavy (non-hydrogen) atoms. The van der Waals surface area contributed by atoms with Crippen molar-refractivity contribution in [1.29, 1.82) is 0 Å². The van der Waals surface area contributed by atoms with Crippen LogP contribution in [0.3, 0.4) is 0 Å². The Morgan fingerprint density at radius 3 is 2.76 bits per heavy atom. The minimum absolute atomic E-state index is 0.0192. The van der Waals surface area contributed by atoms with Gasteiger partial charge in [0.2, 0.25) is 5.91 Å². The van der Waals surface area contributed by atoms with Gasteiger partial charge in [0.15, 0.2) is 16.8 Å². The third kappa shape index (κ3) is 4.95. The fourth-order valence-corrected chi connectivity index (χ4v) is 5.62. The molecule has 3 aromatic heterocycles. The molecule has 1 aliphatic rings. The smallest absolute Gasteiger partial charge is 0.231 e. The molecule has 5 aromatic rings. The van der Waals surface area contributed by atoms with E-state index in [0.717, 1.165) is 52.6 Å². The summed E-state index contributed by atoms with van der Waals surface area (Å²) in [5.41, 5.74) is 1.86. The maximum atomic E-state index is 13.1. The van der Waals surface area contributed by atoms with Crippen LogP contribution in [-0.2, 0) is 4.79 Å². The summed E-state index contributed by atoms with van der Waals surface area (Å²) in [6, 6.07) is 19.7. The van der Waals surface area contributed by atoms with Gasteiger partial charge in [-0.25, -0.2) is 9.97 Å². The second-order valence-electron chi connectivity index (χ2n) is 9.09. The van der Waals surface area contributed by atoms with Crippen molar-refractivity contribution < 1.29 is 9.53 Å². The lowest BCUT2D eigenvalue weighted by atomic mass is 9.97. The van der Waals surface area contributed by atoms with Crippen LogP contribution in [0.25, 0.3) is 27.4 Å². The molecule has 4 heterocycles. The van der Waals surface area contributed by atoms with E-state index in [1.54, 1.807) is 6.20 Å². The van der Waals surface area contributed by atoms with E-state index < -0.39 is 0 Å². The molecule has 0 bridgehead atoms. The number of carbonyl (C=O) groups is 1. The van der Waals surface area contributed by atoms with Crippen molar-refractivity contribution >= 4 is 38.4 Å². The summed E-state index contributed by atoms with van der Waals surface area (Å²) >= 11 is 1.46. The fraction of sp³-hybridized carbons (Fsp3) is 0.250. The van der Waals surface area contributed by atoms with Gasteiger partial charge in [0, 0.05) is 31.0 Å². The Morgan fingerprint density at radius 2 is 1.95 bits per heavy atom. The molecule has 0 aliphatic carbocycles. The second kappa shape index (κ2) is 10.6. The minimum atomic E-state index is -0.158. The number of aromatic nitrogens is 5. The number of benzene rings is 2. The predicted molar refractivity (Wildman–Crippen MR) is 149 cm³/mol. The zero-order chi connectivity index (χ0) is 25.9. The number of nitrogens with zero attached hydrogens (tertiary/aromatic N) is 6. The summed E-state index contributed by atoms with van der Waals surface area (Å²) in [6.45, 7) is 3.98. The summed E-state index contributed by atoms with van der Waals surface area (Å²) in [5, 5.41) is 12.6. The first-order valence-corrected chi connectivity index (χ1v) is 13.5. The van der Waals surface area contributed by atoms with Gasteiger partial charge in [-0.2, -0.15) is 0 Å². The van der Waals surface area contributed by atoms with E-state index in [9.17, 15) is 4.79 Å². The van der Waals surface area contributed by atoms with Crippen LogP contribution >= 0.6 is 11.3 Å². The number of imidazole rings is 1. The van der Waals surface area contributed by atoms with Crippen molar-refractivity contribution in [3.63, 3.8) is 0 Å². The highest BCUT2D eigenvalue weighted by molar-refractivity contribution is 7.22. The normalized spacial score (nSPS) is 15.5. The van der Waals surface area contributed by atoms with Crippen LogP contribution in [0.1, 0.15) is 19.8 Å². The molecule has 9 nitrogen and oxygen atoms in total. The highest BCUT2D eigenvalue weighted by Crippen LogP contribution is 2.30. The third-order valence-corrected chi connectivity index (χ3v) is 7.51. The van der Waals surface area contributed by atoms with E-state index >= 15 is 0 Å². The zero-order valence-corrected chi connectivity index (χ0v) is 21.8. The van der Waals surface area contributed by atoms with Crippen molar-refractivity contribution in [2.45, 2.75) is 19.8 Å². The molecule has 1 N–H and O–H groups in total. The highest BCUT2D eigenvalue weighted by atomic mass is 32.1. The number of thiazole rings is 1. The van der Waals surface area contributed by atoms with E-state index in [2.05, 4.69) is 30.4 Å². The molecule has 6 rings (SSSR count). The van der Waals surface area contributed by atoms with E-state index in [1.165, 1.54) is 11.3 Å². The summed E-state index contributed by atoms with van der Waals surface area (Å²) in [4.78, 5) is 24.3. The number of amides is 1. The fourth-order valence-electron chi connectivity index (χ4n) is 4.73. The van der Waals surface area contributed by atoms with Gasteiger partial charge in [0.05, 0.1) is 22.7 Å². The van der Waals surface area contributed by atoms with E-state index in [-0.39, 0.29) is 11.8 Å². The lowest BCUT2D eigenvalue weighted by Gasteiger charge is -2.32. The first kappa shape index (κ1) is 24.1. The maximum absolute atomic E-state index is 13.1. The number of hydrogen-bond donors (Lipinski definition) is 1. The lowest BCUT2D eigenvalue weighted by molar-refractivity contribution is -0.120. The van der Waals surface area contributed by atoms with Crippen molar-refractivity contribution in [2.75, 3.05) is 29.9 Å². The van der Waals surface area contributed by atoms with E-state index in [0.29, 0.717) is 24.1 Å². The number of hydrogen-bond acceptors (Lipinski definition) is 8. The number of nitrogens with one attached hydrogen (secondary N) is 1. The van der Waals surface area contributed by atoms with Crippen LogP contribution in [0, 0.1) is 5.92 Å². The molecule has 1 fully saturated rings. The Kier molecular flexibility index (Phi) is 6.70. The summed E-state index contributed by atoms with van der Waals surface area (Å²) in [5.74, 6) is 2.90. The molecular weight excluding hydrogens is 498 g/mol. The average molecular weight is 526 g/mol. The molecule has 1 saturated heterocycles. The number of anilines is 2. The molecule has 1 amide bonds. The van der Waals surface area contributed by atoms with Gasteiger partial charge in [-0.1, -0.05) is 41.7 Å². The van der Waals surface area contributed by atoms with Gasteiger partial charge >= 0.3 is 0 Å². The summed E-state index contributed by atoms with van der Waals surface area (Å²) in [7, 11) is 0. The first-order valence-electron chi connectivity index (χ1n) is 12.7. The number of carbonyl (C=O) groups excluding carboxylic acids is 1. The lowest BCUT2D eigenvalue weighted by Crippen LogP contribution is -2.41. The van der Waals surface area contributed by atoms with Crippen molar-refractivity contribution in [3.8, 4) is 23.0 Å². The van der Waals surface area contributed by atoms with Gasteiger partial charge in [-0.15, -0.1) is 10.2 Å². The van der Waals surface area contributed by atoms with Crippen molar-refractivity contribution in [1.82, 2.24) is 24.7 Å². The molecule has 0 spiro atoms. The van der Waals surface area contributed by atoms with E-state index in [4.69, 9.17) is 4.74 Å². The summed E-state index contributed by atoms with van der Waals surface area (Å²) < 4.78 is 8.49. The topological polar surface area (TPSA) is 98.1 Å². The van der Waals surface area contributed by atoms with Crippen LogP contribution < -0.4 is 15.0 Å². The molecule has 2 aromatic carbocycles. The Balaban J connectivity index is 1.13. The van der Waals surface area contributed by atoms with Gasteiger partial charge in [-0.3, -0.25) is 9.36 Å². The Labute approximate surface area is 224 Å². The number of rotatable bonds is 7. The average Bonchev–Trinajstić information content (AvgIpc) is 3.61. The Bertz CT molecular complexity index is 1550. The molecule has 0 radical (unpaired) electrons.